The lowest BCUT2D eigenvalue weighted by atomic mass is 10.1. The predicted octanol–water partition coefficient (Wildman–Crippen LogP) is 2.80. The highest BCUT2D eigenvalue weighted by molar-refractivity contribution is 5.86. The summed E-state index contributed by atoms with van der Waals surface area (Å²) >= 11 is 0. The molecule has 0 bridgehead atoms. The van der Waals surface area contributed by atoms with Gasteiger partial charge in [0.25, 0.3) is 0 Å². The summed E-state index contributed by atoms with van der Waals surface area (Å²) in [7, 11) is 1.32. The van der Waals surface area contributed by atoms with Crippen molar-refractivity contribution in [1.82, 2.24) is 24.8 Å². The molecule has 3 aromatic rings. The Morgan fingerprint density at radius 1 is 1.03 bits per heavy atom. The van der Waals surface area contributed by atoms with Crippen LogP contribution in [0.1, 0.15) is 34.9 Å². The van der Waals surface area contributed by atoms with Crippen LogP contribution in [0.25, 0.3) is 0 Å². The van der Waals surface area contributed by atoms with Gasteiger partial charge in [0.1, 0.15) is 5.82 Å². The third kappa shape index (κ3) is 5.85. The molecule has 9 nitrogen and oxygen atoms in total. The van der Waals surface area contributed by atoms with Gasteiger partial charge < -0.3 is 14.5 Å². The number of aromatic nitrogens is 3. The van der Waals surface area contributed by atoms with Crippen molar-refractivity contribution in [3.05, 3.63) is 77.9 Å². The van der Waals surface area contributed by atoms with Gasteiger partial charge in [-0.25, -0.2) is 13.9 Å². The van der Waals surface area contributed by atoms with Crippen LogP contribution >= 0.6 is 0 Å². The summed E-state index contributed by atoms with van der Waals surface area (Å²) < 4.78 is 19.8. The first-order valence-corrected chi connectivity index (χ1v) is 13.1. The lowest BCUT2D eigenvalue weighted by Crippen LogP contribution is -2.53. The van der Waals surface area contributed by atoms with E-state index in [2.05, 4.69) is 32.2 Å². The monoisotopic (exact) mass is 520 g/mol. The van der Waals surface area contributed by atoms with Gasteiger partial charge in [0.2, 0.25) is 5.91 Å². The Bertz CT molecular complexity index is 1230. The summed E-state index contributed by atoms with van der Waals surface area (Å²) in [6.45, 7) is 4.08. The molecule has 5 rings (SSSR count). The molecule has 1 aromatic heterocycles. The molecule has 10 heteroatoms. The Kier molecular flexibility index (Phi) is 7.97. The number of aryl methyl sites for hydroxylation is 1. The maximum atomic E-state index is 13.8. The topological polar surface area (TPSA) is 83.8 Å². The minimum atomic E-state index is -0.527. The highest BCUT2D eigenvalue weighted by Gasteiger charge is 2.40. The number of amides is 1. The number of nitrogens with zero attached hydrogens (tertiary/aromatic N) is 6. The summed E-state index contributed by atoms with van der Waals surface area (Å²) in [5.74, 6) is -0.656. The number of methoxy groups -OCH3 is 1. The van der Waals surface area contributed by atoms with Gasteiger partial charge in [0.05, 0.1) is 25.4 Å². The highest BCUT2D eigenvalue weighted by Crippen LogP contribution is 2.29. The molecule has 2 fully saturated rings. The molecule has 0 spiro atoms. The lowest BCUT2D eigenvalue weighted by molar-refractivity contribution is -0.136. The van der Waals surface area contributed by atoms with Crippen LogP contribution in [-0.2, 0) is 16.0 Å². The third-order valence-electron chi connectivity index (χ3n) is 7.48. The fourth-order valence-electron chi connectivity index (χ4n) is 5.41. The molecular weight excluding hydrogens is 487 g/mol. The van der Waals surface area contributed by atoms with Crippen LogP contribution in [0.2, 0.25) is 0 Å². The van der Waals surface area contributed by atoms with Crippen LogP contribution in [0.4, 0.5) is 10.1 Å². The number of halogens is 1. The maximum absolute atomic E-state index is 13.8. The Hall–Kier alpha value is -3.79. The first-order chi connectivity index (χ1) is 18.5. The van der Waals surface area contributed by atoms with E-state index in [1.807, 2.05) is 23.1 Å². The molecule has 2 aliphatic rings. The van der Waals surface area contributed by atoms with Gasteiger partial charge in [-0.3, -0.25) is 9.69 Å². The van der Waals surface area contributed by atoms with Crippen LogP contribution in [0.15, 0.2) is 60.8 Å². The molecule has 3 heterocycles. The second-order valence-corrected chi connectivity index (χ2v) is 9.85. The van der Waals surface area contributed by atoms with Crippen molar-refractivity contribution in [2.24, 2.45) is 0 Å². The fourth-order valence-corrected chi connectivity index (χ4v) is 5.41. The minimum absolute atomic E-state index is 0.0629. The van der Waals surface area contributed by atoms with Crippen LogP contribution < -0.4 is 4.90 Å². The average Bonchev–Trinajstić information content (AvgIpc) is 3.61. The molecule has 0 aliphatic carbocycles. The summed E-state index contributed by atoms with van der Waals surface area (Å²) in [6, 6.07) is 16.5. The van der Waals surface area contributed by atoms with Gasteiger partial charge in [-0.2, -0.15) is 0 Å². The molecule has 0 saturated carbocycles. The Labute approximate surface area is 221 Å². The van der Waals surface area contributed by atoms with E-state index in [1.54, 1.807) is 23.0 Å². The van der Waals surface area contributed by atoms with E-state index in [4.69, 9.17) is 4.74 Å². The molecule has 1 amide bonds. The predicted molar refractivity (Wildman–Crippen MR) is 140 cm³/mol. The molecule has 2 aliphatic heterocycles. The van der Waals surface area contributed by atoms with Crippen LogP contribution in [-0.4, -0.2) is 89.1 Å². The van der Waals surface area contributed by atoms with Crippen molar-refractivity contribution in [3.8, 4) is 0 Å². The SMILES string of the molecule is COC(=O)c1cn([C@@H]2C[C@@H](C(=O)N3CCN(c4ccc(F)cc4)CC3)N(CCCc3ccccc3)C2)nn1. The molecule has 0 N–H and O–H groups in total. The number of carbonyl (C=O) groups excluding carboxylic acids is 2. The highest BCUT2D eigenvalue weighted by atomic mass is 19.1. The van der Waals surface area contributed by atoms with Gasteiger partial charge in [-0.15, -0.1) is 5.10 Å². The number of ether oxygens (including phenoxy) is 1. The largest absolute Gasteiger partial charge is 0.464 e. The Morgan fingerprint density at radius 3 is 2.47 bits per heavy atom. The summed E-state index contributed by atoms with van der Waals surface area (Å²) in [5.41, 5.74) is 2.41. The van der Waals surface area contributed by atoms with E-state index in [0.717, 1.165) is 25.1 Å². The van der Waals surface area contributed by atoms with E-state index < -0.39 is 5.97 Å². The number of carbonyl (C=O) groups is 2. The van der Waals surface area contributed by atoms with Gasteiger partial charge in [0.15, 0.2) is 5.69 Å². The zero-order chi connectivity index (χ0) is 26.5. The number of esters is 1. The molecule has 0 radical (unpaired) electrons. The number of benzene rings is 2. The van der Waals surface area contributed by atoms with Crippen molar-refractivity contribution >= 4 is 17.6 Å². The number of hydrogen-bond donors (Lipinski definition) is 0. The van der Waals surface area contributed by atoms with Crippen LogP contribution in [0, 0.1) is 5.82 Å². The van der Waals surface area contributed by atoms with Crippen LogP contribution in [0.3, 0.4) is 0 Å². The normalized spacial score (nSPS) is 20.1. The first kappa shape index (κ1) is 25.8. The molecule has 2 aromatic carbocycles. The number of rotatable bonds is 8. The number of hydrogen-bond acceptors (Lipinski definition) is 7. The third-order valence-corrected chi connectivity index (χ3v) is 7.48. The van der Waals surface area contributed by atoms with Gasteiger partial charge >= 0.3 is 5.97 Å². The van der Waals surface area contributed by atoms with E-state index in [-0.39, 0.29) is 29.5 Å². The summed E-state index contributed by atoms with van der Waals surface area (Å²) in [5, 5.41) is 8.12. The number of piperazine rings is 1. The van der Waals surface area contributed by atoms with Gasteiger partial charge in [-0.05, 0) is 55.6 Å². The van der Waals surface area contributed by atoms with Gasteiger partial charge in [0, 0.05) is 38.4 Å². The molecule has 200 valence electrons. The molecule has 38 heavy (non-hydrogen) atoms. The molecule has 0 unspecified atom stereocenters. The van der Waals surface area contributed by atoms with E-state index in [9.17, 15) is 14.0 Å². The second kappa shape index (κ2) is 11.7. The van der Waals surface area contributed by atoms with Gasteiger partial charge in [-0.1, -0.05) is 35.5 Å². The quantitative estimate of drug-likeness (QED) is 0.423. The van der Waals surface area contributed by atoms with Crippen LogP contribution in [0.5, 0.6) is 0 Å². The standard InChI is InChI=1S/C28H33FN6O3/c1-38-28(37)25-20-35(31-30-25)24-18-26(34(19-24)13-5-8-21-6-3-2-4-7-21)27(36)33-16-14-32(15-17-33)23-11-9-22(29)10-12-23/h2-4,6-7,9-12,20,24,26H,5,8,13-19H2,1H3/t24-,26+/m1/s1. The molecule has 2 atom stereocenters. The van der Waals surface area contributed by atoms with E-state index in [1.165, 1.54) is 24.8 Å². The lowest BCUT2D eigenvalue weighted by Gasteiger charge is -2.38. The van der Waals surface area contributed by atoms with E-state index >= 15 is 0 Å². The van der Waals surface area contributed by atoms with Crippen molar-refractivity contribution in [1.29, 1.82) is 0 Å². The minimum Gasteiger partial charge on any atom is -0.464 e. The molecule has 2 saturated heterocycles. The number of likely N-dealkylation sites (tertiary alicyclic amines) is 1. The zero-order valence-corrected chi connectivity index (χ0v) is 21.6. The first-order valence-electron chi connectivity index (χ1n) is 13.1. The smallest absolute Gasteiger partial charge is 0.360 e. The van der Waals surface area contributed by atoms with Crippen molar-refractivity contribution in [2.75, 3.05) is 51.3 Å². The Morgan fingerprint density at radius 2 is 1.76 bits per heavy atom. The van der Waals surface area contributed by atoms with Crippen molar-refractivity contribution < 1.29 is 18.7 Å². The van der Waals surface area contributed by atoms with E-state index in [0.29, 0.717) is 39.1 Å². The summed E-state index contributed by atoms with van der Waals surface area (Å²) in [6.07, 6.45) is 4.08. The van der Waals surface area contributed by atoms with Crippen molar-refractivity contribution in [2.45, 2.75) is 31.3 Å². The van der Waals surface area contributed by atoms with Crippen molar-refractivity contribution in [3.63, 3.8) is 0 Å². The summed E-state index contributed by atoms with van der Waals surface area (Å²) in [4.78, 5) is 32.0. The zero-order valence-electron chi connectivity index (χ0n) is 21.6. The maximum Gasteiger partial charge on any atom is 0.360 e. The fraction of sp³-hybridized carbons (Fsp3) is 0.429. The number of anilines is 1. The average molecular weight is 521 g/mol. The second-order valence-electron chi connectivity index (χ2n) is 9.85. The Balaban J connectivity index is 1.25. The molecular formula is C28H33FN6O3.